The topological polar surface area (TPSA) is 71.5 Å². The number of anilines is 2. The first kappa shape index (κ1) is 18.2. The van der Waals surface area contributed by atoms with Crippen LogP contribution >= 0.6 is 11.3 Å². The van der Waals surface area contributed by atoms with Crippen LogP contribution in [0.4, 0.5) is 11.4 Å². The molecule has 0 saturated heterocycles. The number of benzene rings is 1. The molecule has 0 amide bonds. The summed E-state index contributed by atoms with van der Waals surface area (Å²) in [5, 5.41) is 4.97. The summed E-state index contributed by atoms with van der Waals surface area (Å²) in [5.41, 5.74) is 1.53. The van der Waals surface area contributed by atoms with Crippen molar-refractivity contribution >= 4 is 32.7 Å². The van der Waals surface area contributed by atoms with E-state index >= 15 is 0 Å². The summed E-state index contributed by atoms with van der Waals surface area (Å²) >= 11 is 1.20. The van der Waals surface area contributed by atoms with Crippen LogP contribution in [0.3, 0.4) is 0 Å². The average Bonchev–Trinajstić information content (AvgIpc) is 3.21. The van der Waals surface area contributed by atoms with E-state index in [1.165, 1.54) is 15.6 Å². The molecule has 0 unspecified atom stereocenters. The van der Waals surface area contributed by atoms with E-state index in [-0.39, 0.29) is 0 Å². The number of rotatable bonds is 8. The highest BCUT2D eigenvalue weighted by Crippen LogP contribution is 2.27. The van der Waals surface area contributed by atoms with Gasteiger partial charge in [-0.05, 0) is 35.7 Å². The fraction of sp³-hybridized carbons (Fsp3) is 0.167. The molecule has 0 radical (unpaired) electrons. The van der Waals surface area contributed by atoms with Crippen molar-refractivity contribution in [2.24, 2.45) is 0 Å². The van der Waals surface area contributed by atoms with Crippen molar-refractivity contribution in [3.05, 3.63) is 66.3 Å². The van der Waals surface area contributed by atoms with Crippen LogP contribution in [-0.2, 0) is 10.0 Å². The highest BCUT2D eigenvalue weighted by molar-refractivity contribution is 7.94. The molecule has 26 heavy (non-hydrogen) atoms. The van der Waals surface area contributed by atoms with Gasteiger partial charge in [0.1, 0.15) is 16.6 Å². The van der Waals surface area contributed by atoms with Crippen molar-refractivity contribution < 1.29 is 13.2 Å². The van der Waals surface area contributed by atoms with Gasteiger partial charge in [0.2, 0.25) is 0 Å². The zero-order chi connectivity index (χ0) is 18.4. The van der Waals surface area contributed by atoms with Gasteiger partial charge in [0.15, 0.2) is 0 Å². The summed E-state index contributed by atoms with van der Waals surface area (Å²) in [5.74, 6) is 0.618. The molecule has 0 saturated carbocycles. The van der Waals surface area contributed by atoms with E-state index in [1.807, 2.05) is 18.2 Å². The quantitative estimate of drug-likeness (QED) is 0.598. The minimum absolute atomic E-state index is 0.313. The molecule has 0 atom stereocenters. The highest BCUT2D eigenvalue weighted by Gasteiger charge is 2.22. The third-order valence-corrected chi connectivity index (χ3v) is 6.83. The Kier molecular flexibility index (Phi) is 5.75. The van der Waals surface area contributed by atoms with Gasteiger partial charge >= 0.3 is 0 Å². The third kappa shape index (κ3) is 4.33. The van der Waals surface area contributed by atoms with Gasteiger partial charge in [-0.1, -0.05) is 12.1 Å². The monoisotopic (exact) mass is 389 g/mol. The van der Waals surface area contributed by atoms with Crippen LogP contribution in [0.2, 0.25) is 0 Å². The molecule has 136 valence electrons. The molecular formula is C18H19N3O3S2. The van der Waals surface area contributed by atoms with Crippen LogP contribution in [0.15, 0.2) is 70.5 Å². The van der Waals surface area contributed by atoms with E-state index in [2.05, 4.69) is 10.3 Å². The van der Waals surface area contributed by atoms with Crippen LogP contribution in [0.1, 0.15) is 0 Å². The van der Waals surface area contributed by atoms with Gasteiger partial charge in [0.05, 0.1) is 5.69 Å². The Morgan fingerprint density at radius 1 is 1.15 bits per heavy atom. The first-order valence-corrected chi connectivity index (χ1v) is 10.3. The molecule has 0 aliphatic heterocycles. The third-order valence-electron chi connectivity index (χ3n) is 3.67. The van der Waals surface area contributed by atoms with Crippen molar-refractivity contribution in [3.63, 3.8) is 0 Å². The Morgan fingerprint density at radius 3 is 2.69 bits per heavy atom. The van der Waals surface area contributed by atoms with E-state index in [0.717, 1.165) is 5.69 Å². The molecule has 0 aliphatic carbocycles. The summed E-state index contributed by atoms with van der Waals surface area (Å²) < 4.78 is 32.5. The van der Waals surface area contributed by atoms with Crippen LogP contribution < -0.4 is 14.4 Å². The number of thiophene rings is 1. The van der Waals surface area contributed by atoms with Gasteiger partial charge in [0, 0.05) is 37.7 Å². The highest BCUT2D eigenvalue weighted by atomic mass is 32.2. The molecule has 6 nitrogen and oxygen atoms in total. The summed E-state index contributed by atoms with van der Waals surface area (Å²) in [7, 11) is -2.01. The largest absolute Gasteiger partial charge is 0.492 e. The van der Waals surface area contributed by atoms with Crippen LogP contribution in [0.25, 0.3) is 0 Å². The van der Waals surface area contributed by atoms with Crippen molar-refractivity contribution in [1.29, 1.82) is 0 Å². The number of hydrogen-bond acceptors (Lipinski definition) is 6. The number of sulfonamides is 1. The molecule has 3 aromatic rings. The lowest BCUT2D eigenvalue weighted by Gasteiger charge is -2.19. The fourth-order valence-electron chi connectivity index (χ4n) is 2.29. The minimum atomic E-state index is -3.55. The van der Waals surface area contributed by atoms with Gasteiger partial charge < -0.3 is 10.1 Å². The second kappa shape index (κ2) is 8.20. The number of ether oxygens (including phenoxy) is 1. The van der Waals surface area contributed by atoms with Gasteiger partial charge in [0.25, 0.3) is 10.0 Å². The molecule has 0 aliphatic rings. The van der Waals surface area contributed by atoms with E-state index in [1.54, 1.807) is 55.2 Å². The number of nitrogens with one attached hydrogen (secondary N) is 1. The van der Waals surface area contributed by atoms with Crippen LogP contribution in [0.5, 0.6) is 5.75 Å². The van der Waals surface area contributed by atoms with E-state index in [4.69, 9.17) is 4.74 Å². The van der Waals surface area contributed by atoms with Gasteiger partial charge in [-0.15, -0.1) is 11.3 Å². The second-order valence-electron chi connectivity index (χ2n) is 5.41. The maximum Gasteiger partial charge on any atom is 0.273 e. The molecule has 1 N–H and O–H groups in total. The second-order valence-corrected chi connectivity index (χ2v) is 8.56. The molecule has 2 aromatic heterocycles. The Hall–Kier alpha value is -2.58. The lowest BCUT2D eigenvalue weighted by molar-refractivity contribution is 0.333. The maximum atomic E-state index is 12.6. The van der Waals surface area contributed by atoms with Crippen molar-refractivity contribution in [2.75, 3.05) is 29.8 Å². The average molecular weight is 390 g/mol. The minimum Gasteiger partial charge on any atom is -0.492 e. The Morgan fingerprint density at radius 2 is 1.96 bits per heavy atom. The Bertz CT molecular complexity index is 929. The number of hydrogen-bond donors (Lipinski definition) is 1. The summed E-state index contributed by atoms with van der Waals surface area (Å²) in [6, 6.07) is 14.1. The normalized spacial score (nSPS) is 11.1. The van der Waals surface area contributed by atoms with E-state index < -0.39 is 10.0 Å². The van der Waals surface area contributed by atoms with Crippen molar-refractivity contribution in [2.45, 2.75) is 4.21 Å². The first-order valence-electron chi connectivity index (χ1n) is 7.96. The molecule has 0 bridgehead atoms. The Labute approximate surface area is 157 Å². The Balaban J connectivity index is 1.61. The standard InChI is InChI=1S/C18H19N3O3S2/c1-21(26(22,23)18-6-3-13-25-18)16-4-2-5-17(14-16)24-12-11-20-15-7-9-19-10-8-15/h2-10,13-14H,11-12H2,1H3,(H,19,20). The fourth-order valence-corrected chi connectivity index (χ4v) is 4.64. The zero-order valence-corrected chi connectivity index (χ0v) is 15.8. The lowest BCUT2D eigenvalue weighted by atomic mass is 10.3. The van der Waals surface area contributed by atoms with Crippen molar-refractivity contribution in [1.82, 2.24) is 4.98 Å². The summed E-state index contributed by atoms with van der Waals surface area (Å²) in [6.45, 7) is 1.07. The molecule has 0 fully saturated rings. The van der Waals surface area contributed by atoms with E-state index in [0.29, 0.717) is 28.8 Å². The van der Waals surface area contributed by atoms with Gasteiger partial charge in [-0.3, -0.25) is 9.29 Å². The van der Waals surface area contributed by atoms with Gasteiger partial charge in [-0.2, -0.15) is 0 Å². The number of nitrogens with zero attached hydrogens (tertiary/aromatic N) is 2. The number of aromatic nitrogens is 1. The summed E-state index contributed by atoms with van der Waals surface area (Å²) in [4.78, 5) is 3.96. The van der Waals surface area contributed by atoms with E-state index in [9.17, 15) is 8.42 Å². The SMILES string of the molecule is CN(c1cccc(OCCNc2ccncc2)c1)S(=O)(=O)c1cccs1. The molecule has 2 heterocycles. The molecular weight excluding hydrogens is 370 g/mol. The van der Waals surface area contributed by atoms with Crippen molar-refractivity contribution in [3.8, 4) is 5.75 Å². The predicted molar refractivity (Wildman–Crippen MR) is 105 cm³/mol. The maximum absolute atomic E-state index is 12.6. The number of pyridine rings is 1. The zero-order valence-electron chi connectivity index (χ0n) is 14.2. The predicted octanol–water partition coefficient (Wildman–Crippen LogP) is 3.46. The van der Waals surface area contributed by atoms with Crippen LogP contribution in [-0.4, -0.2) is 33.6 Å². The summed E-state index contributed by atoms with van der Waals surface area (Å²) in [6.07, 6.45) is 3.44. The molecule has 3 rings (SSSR count). The molecule has 1 aromatic carbocycles. The van der Waals surface area contributed by atoms with Gasteiger partial charge in [-0.25, -0.2) is 8.42 Å². The smallest absolute Gasteiger partial charge is 0.273 e. The van der Waals surface area contributed by atoms with Crippen LogP contribution in [0, 0.1) is 0 Å². The first-order chi connectivity index (χ1) is 12.6. The molecule has 0 spiro atoms. The molecule has 8 heteroatoms. The lowest BCUT2D eigenvalue weighted by Crippen LogP contribution is -2.25.